The van der Waals surface area contributed by atoms with Crippen LogP contribution in [0.5, 0.6) is 0 Å². The molecule has 4 heteroatoms. The Bertz CT molecular complexity index is 481. The fraction of sp³-hybridized carbons (Fsp3) is 0.943. The van der Waals surface area contributed by atoms with Crippen LogP contribution >= 0.6 is 0 Å². The summed E-state index contributed by atoms with van der Waals surface area (Å²) in [5, 5.41) is 19.5. The Morgan fingerprint density at radius 3 is 1.08 bits per heavy atom. The average molecular weight is 554 g/mol. The molecule has 0 bridgehead atoms. The first-order valence-corrected chi connectivity index (χ1v) is 17.5. The number of aliphatic hydroxyl groups is 2. The average Bonchev–Trinajstić information content (AvgIpc) is 2.94. The van der Waals surface area contributed by atoms with Crippen LogP contribution in [0.3, 0.4) is 0 Å². The molecule has 39 heavy (non-hydrogen) atoms. The summed E-state index contributed by atoms with van der Waals surface area (Å²) >= 11 is 0. The lowest BCUT2D eigenvalue weighted by Crippen LogP contribution is -2.27. The standard InChI is InChI=1S/C35H69O4/c1-3-5-7-9-11-13-15-17-19-20-22-24-26-28-30-34(33(37)32-36)39-35(38)31-29-27-25-23-21-18-16-14-12-10-8-6-4-2/h33,36-37H,3-32H2,1-2H3. The Balaban J connectivity index is 3.65. The lowest BCUT2D eigenvalue weighted by Gasteiger charge is -2.20. The summed E-state index contributed by atoms with van der Waals surface area (Å²) < 4.78 is 5.49. The first kappa shape index (κ1) is 38.4. The topological polar surface area (TPSA) is 66.8 Å². The van der Waals surface area contributed by atoms with Crippen LogP contribution in [0.4, 0.5) is 0 Å². The minimum Gasteiger partial charge on any atom is -0.452 e. The number of rotatable bonds is 32. The molecule has 0 heterocycles. The molecule has 0 rings (SSSR count). The maximum Gasteiger partial charge on any atom is 0.306 e. The van der Waals surface area contributed by atoms with Crippen LogP contribution in [0.25, 0.3) is 0 Å². The minimum absolute atomic E-state index is 0.258. The van der Waals surface area contributed by atoms with Gasteiger partial charge in [0, 0.05) is 6.42 Å². The lowest BCUT2D eigenvalue weighted by atomic mass is 10.0. The van der Waals surface area contributed by atoms with E-state index in [1.807, 2.05) is 0 Å². The summed E-state index contributed by atoms with van der Waals surface area (Å²) in [6.45, 7) is 4.15. The highest BCUT2D eigenvalue weighted by Gasteiger charge is 2.24. The van der Waals surface area contributed by atoms with E-state index in [2.05, 4.69) is 13.8 Å². The van der Waals surface area contributed by atoms with Crippen molar-refractivity contribution in [3.05, 3.63) is 6.10 Å². The number of carbonyl (C=O) groups excluding carboxylic acids is 1. The van der Waals surface area contributed by atoms with E-state index in [0.717, 1.165) is 25.7 Å². The summed E-state index contributed by atoms with van der Waals surface area (Å²) in [6.07, 6.45) is 35.0. The Labute approximate surface area is 244 Å². The van der Waals surface area contributed by atoms with Crippen molar-refractivity contribution in [2.24, 2.45) is 0 Å². The third kappa shape index (κ3) is 28.7. The normalized spacial score (nSPS) is 12.3. The smallest absolute Gasteiger partial charge is 0.306 e. The van der Waals surface area contributed by atoms with Gasteiger partial charge in [0.05, 0.1) is 6.61 Å². The number of esters is 1. The van der Waals surface area contributed by atoms with Crippen LogP contribution in [0.2, 0.25) is 0 Å². The summed E-state index contributed by atoms with van der Waals surface area (Å²) in [4.78, 5) is 12.3. The summed E-state index contributed by atoms with van der Waals surface area (Å²) in [6, 6.07) is 0. The van der Waals surface area contributed by atoms with Crippen molar-refractivity contribution in [2.75, 3.05) is 6.61 Å². The van der Waals surface area contributed by atoms with Gasteiger partial charge in [-0.15, -0.1) is 0 Å². The molecule has 0 aliphatic rings. The van der Waals surface area contributed by atoms with E-state index in [1.54, 1.807) is 0 Å². The van der Waals surface area contributed by atoms with Crippen molar-refractivity contribution < 1.29 is 19.7 Å². The van der Waals surface area contributed by atoms with E-state index < -0.39 is 6.10 Å². The van der Waals surface area contributed by atoms with Gasteiger partial charge in [0.25, 0.3) is 0 Å². The molecule has 0 spiro atoms. The molecule has 0 amide bonds. The highest BCUT2D eigenvalue weighted by Crippen LogP contribution is 2.21. The third-order valence-corrected chi connectivity index (χ3v) is 8.05. The predicted octanol–water partition coefficient (Wildman–Crippen LogP) is 10.8. The van der Waals surface area contributed by atoms with Crippen LogP contribution < -0.4 is 0 Å². The number of hydrogen-bond donors (Lipinski definition) is 2. The maximum absolute atomic E-state index is 12.3. The SMILES string of the molecule is CCCCCCCCCCCCCCCC[C](OC(=O)CCCCCCCCCCCCCCC)C(O)CO. The van der Waals surface area contributed by atoms with Crippen LogP contribution in [0, 0.1) is 6.10 Å². The molecule has 1 radical (unpaired) electrons. The molecule has 0 aromatic carbocycles. The van der Waals surface area contributed by atoms with Crippen molar-refractivity contribution in [3.63, 3.8) is 0 Å². The van der Waals surface area contributed by atoms with E-state index in [4.69, 9.17) is 4.74 Å². The molecule has 2 N–H and O–H groups in total. The molecule has 0 aliphatic carbocycles. The molecule has 0 saturated heterocycles. The van der Waals surface area contributed by atoms with Crippen molar-refractivity contribution in [3.8, 4) is 0 Å². The first-order chi connectivity index (χ1) is 19.2. The molecule has 0 aromatic heterocycles. The molecule has 0 saturated carbocycles. The number of ether oxygens (including phenoxy) is 1. The van der Waals surface area contributed by atoms with Gasteiger partial charge < -0.3 is 14.9 Å². The Morgan fingerprint density at radius 2 is 0.769 bits per heavy atom. The third-order valence-electron chi connectivity index (χ3n) is 8.05. The molecule has 233 valence electrons. The van der Waals surface area contributed by atoms with Gasteiger partial charge in [0.1, 0.15) is 6.10 Å². The molecule has 1 unspecified atom stereocenters. The van der Waals surface area contributed by atoms with E-state index >= 15 is 0 Å². The van der Waals surface area contributed by atoms with E-state index in [-0.39, 0.29) is 12.6 Å². The second-order valence-electron chi connectivity index (χ2n) is 12.0. The number of unbranched alkanes of at least 4 members (excludes halogenated alkanes) is 25. The van der Waals surface area contributed by atoms with Crippen molar-refractivity contribution in [2.45, 2.75) is 206 Å². The molecular formula is C35H69O4. The monoisotopic (exact) mass is 554 g/mol. The fourth-order valence-corrected chi connectivity index (χ4v) is 5.37. The van der Waals surface area contributed by atoms with Gasteiger partial charge in [-0.25, -0.2) is 0 Å². The maximum atomic E-state index is 12.3. The number of hydrogen-bond acceptors (Lipinski definition) is 4. The van der Waals surface area contributed by atoms with Gasteiger partial charge in [0.2, 0.25) is 0 Å². The minimum atomic E-state index is -1.05. The Kier molecular flexibility index (Phi) is 31.4. The zero-order chi connectivity index (χ0) is 28.7. The van der Waals surface area contributed by atoms with Crippen LogP contribution in [0.15, 0.2) is 0 Å². The van der Waals surface area contributed by atoms with E-state index in [0.29, 0.717) is 18.9 Å². The molecule has 0 aliphatic heterocycles. The van der Waals surface area contributed by atoms with Crippen molar-refractivity contribution >= 4 is 5.97 Å². The summed E-state index contributed by atoms with van der Waals surface area (Å²) in [7, 11) is 0. The van der Waals surface area contributed by atoms with Gasteiger partial charge in [-0.2, -0.15) is 0 Å². The first-order valence-electron chi connectivity index (χ1n) is 17.5. The zero-order valence-corrected chi connectivity index (χ0v) is 26.5. The van der Waals surface area contributed by atoms with Crippen molar-refractivity contribution in [1.29, 1.82) is 0 Å². The van der Waals surface area contributed by atoms with Crippen LogP contribution in [-0.4, -0.2) is 28.9 Å². The second-order valence-corrected chi connectivity index (χ2v) is 12.0. The van der Waals surface area contributed by atoms with Gasteiger partial charge in [-0.05, 0) is 19.3 Å². The highest BCUT2D eigenvalue weighted by atomic mass is 16.6. The lowest BCUT2D eigenvalue weighted by molar-refractivity contribution is -0.146. The van der Waals surface area contributed by atoms with Gasteiger partial charge in [0.15, 0.2) is 6.10 Å². The van der Waals surface area contributed by atoms with Gasteiger partial charge in [-0.3, -0.25) is 4.79 Å². The highest BCUT2D eigenvalue weighted by molar-refractivity contribution is 5.70. The van der Waals surface area contributed by atoms with E-state index in [1.165, 1.54) is 148 Å². The quantitative estimate of drug-likeness (QED) is 0.0642. The molecular weight excluding hydrogens is 484 g/mol. The van der Waals surface area contributed by atoms with Gasteiger partial charge in [-0.1, -0.05) is 174 Å². The predicted molar refractivity (Wildman–Crippen MR) is 168 cm³/mol. The summed E-state index contributed by atoms with van der Waals surface area (Å²) in [5.74, 6) is -0.258. The number of carbonyl (C=O) groups is 1. The Hall–Kier alpha value is -0.610. The van der Waals surface area contributed by atoms with Crippen LogP contribution in [-0.2, 0) is 9.53 Å². The largest absolute Gasteiger partial charge is 0.452 e. The zero-order valence-electron chi connectivity index (χ0n) is 26.5. The van der Waals surface area contributed by atoms with Gasteiger partial charge >= 0.3 is 5.97 Å². The second kappa shape index (κ2) is 31.9. The molecule has 1 atom stereocenters. The number of aliphatic hydroxyl groups excluding tert-OH is 2. The molecule has 0 aromatic rings. The van der Waals surface area contributed by atoms with Crippen molar-refractivity contribution in [1.82, 2.24) is 0 Å². The van der Waals surface area contributed by atoms with Crippen LogP contribution in [0.1, 0.15) is 200 Å². The summed E-state index contributed by atoms with van der Waals surface area (Å²) in [5.41, 5.74) is 0. The fourth-order valence-electron chi connectivity index (χ4n) is 5.37. The Morgan fingerprint density at radius 1 is 0.487 bits per heavy atom. The molecule has 4 nitrogen and oxygen atoms in total. The van der Waals surface area contributed by atoms with E-state index in [9.17, 15) is 15.0 Å². The molecule has 0 fully saturated rings.